The number of rotatable bonds is 5. The number of benzene rings is 2. The number of imidazole rings is 1. The number of carbonyl (C=O) groups is 1. The van der Waals surface area contributed by atoms with Gasteiger partial charge < -0.3 is 5.11 Å². The zero-order valence-electron chi connectivity index (χ0n) is 11.6. The molecule has 1 heterocycles. The van der Waals surface area contributed by atoms with Gasteiger partial charge in [-0.3, -0.25) is 4.79 Å². The number of nitrogens with zero attached hydrogens (tertiary/aromatic N) is 1. The first kappa shape index (κ1) is 13.5. The number of carbonyl (C=O) groups excluding carboxylic acids is 1. The largest absolute Gasteiger partial charge is 0.384 e. The van der Waals surface area contributed by atoms with Crippen molar-refractivity contribution in [3.63, 3.8) is 0 Å². The summed E-state index contributed by atoms with van der Waals surface area (Å²) in [5.74, 6) is 0.828. The number of aromatic amines is 1. The molecule has 3 aromatic rings. The minimum atomic E-state index is -0.0752. The Bertz CT molecular complexity index is 763. The van der Waals surface area contributed by atoms with Gasteiger partial charge in [-0.05, 0) is 12.1 Å². The van der Waals surface area contributed by atoms with Crippen molar-refractivity contribution in [1.29, 1.82) is 0 Å². The molecule has 4 nitrogen and oxygen atoms in total. The van der Waals surface area contributed by atoms with Gasteiger partial charge in [0.25, 0.3) is 5.82 Å². The van der Waals surface area contributed by atoms with Crippen molar-refractivity contribution in [1.82, 2.24) is 4.98 Å². The van der Waals surface area contributed by atoms with Crippen LogP contribution in [0.15, 0.2) is 54.6 Å². The Morgan fingerprint density at radius 2 is 1.76 bits per heavy atom. The van der Waals surface area contributed by atoms with Crippen molar-refractivity contribution in [2.45, 2.75) is 19.6 Å². The Balaban J connectivity index is 1.83. The fraction of sp³-hybridized carbons (Fsp3) is 0.176. The Hall–Kier alpha value is -2.46. The topological polar surface area (TPSA) is 57.0 Å². The second-order valence-electron chi connectivity index (χ2n) is 4.94. The number of H-pyrrole nitrogens is 1. The van der Waals surface area contributed by atoms with Gasteiger partial charge in [0.05, 0.1) is 6.54 Å². The molecular formula is C17H17N2O2+. The predicted molar refractivity (Wildman–Crippen MR) is 79.8 cm³/mol. The van der Waals surface area contributed by atoms with Crippen LogP contribution in [0, 0.1) is 0 Å². The predicted octanol–water partition coefficient (Wildman–Crippen LogP) is 2.22. The van der Waals surface area contributed by atoms with Gasteiger partial charge in [0.2, 0.25) is 0 Å². The summed E-state index contributed by atoms with van der Waals surface area (Å²) < 4.78 is 1.97. The maximum Gasteiger partial charge on any atom is 0.281 e. The van der Waals surface area contributed by atoms with Crippen molar-refractivity contribution >= 4 is 16.8 Å². The number of aliphatic hydroxyl groups excluding tert-OH is 1. The van der Waals surface area contributed by atoms with Crippen molar-refractivity contribution < 1.29 is 14.5 Å². The molecule has 0 aliphatic carbocycles. The van der Waals surface area contributed by atoms with E-state index in [0.29, 0.717) is 13.0 Å². The summed E-state index contributed by atoms with van der Waals surface area (Å²) >= 11 is 0. The third kappa shape index (κ3) is 2.71. The van der Waals surface area contributed by atoms with E-state index in [9.17, 15) is 9.90 Å². The average Bonchev–Trinajstić information content (AvgIpc) is 2.91. The van der Waals surface area contributed by atoms with Gasteiger partial charge >= 0.3 is 0 Å². The highest BCUT2D eigenvalue weighted by Crippen LogP contribution is 2.10. The molecule has 0 aliphatic heterocycles. The molecule has 0 saturated carbocycles. The molecule has 2 N–H and O–H groups in total. The van der Waals surface area contributed by atoms with E-state index in [2.05, 4.69) is 4.98 Å². The summed E-state index contributed by atoms with van der Waals surface area (Å²) in [6, 6.07) is 17.1. The van der Waals surface area contributed by atoms with Crippen LogP contribution in [0.3, 0.4) is 0 Å². The number of aryl methyl sites for hydroxylation is 1. The van der Waals surface area contributed by atoms with Crippen LogP contribution in [0.25, 0.3) is 11.0 Å². The minimum Gasteiger partial charge on any atom is -0.384 e. The SMILES string of the molecule is O=C(CC[n+]1c(CO)[nH]c2ccccc21)c1ccccc1. The molecule has 4 heteroatoms. The quantitative estimate of drug-likeness (QED) is 0.556. The van der Waals surface area contributed by atoms with Crippen molar-refractivity contribution in [3.8, 4) is 0 Å². The summed E-state index contributed by atoms with van der Waals surface area (Å²) in [5, 5.41) is 9.46. The molecule has 3 rings (SSSR count). The number of Topliss-reactive ketones (excluding diaryl/α,β-unsaturated/α-hetero) is 1. The van der Waals surface area contributed by atoms with Crippen LogP contribution in [0.4, 0.5) is 0 Å². The first-order chi connectivity index (χ1) is 10.3. The molecule has 0 amide bonds. The minimum absolute atomic E-state index is 0.0752. The molecule has 0 fully saturated rings. The first-order valence-corrected chi connectivity index (χ1v) is 6.98. The van der Waals surface area contributed by atoms with Gasteiger partial charge in [-0.1, -0.05) is 42.5 Å². The standard InChI is InChI=1S/C17H16N2O2/c20-12-17-18-14-8-4-5-9-15(14)19(17)11-10-16(21)13-6-2-1-3-7-13/h1-9,20H,10-12H2/p+1. The van der Waals surface area contributed by atoms with E-state index in [1.165, 1.54) is 0 Å². The highest BCUT2D eigenvalue weighted by molar-refractivity contribution is 5.95. The van der Waals surface area contributed by atoms with E-state index in [1.54, 1.807) is 0 Å². The molecule has 1 aromatic heterocycles. The van der Waals surface area contributed by atoms with Crippen LogP contribution in [0.2, 0.25) is 0 Å². The molecular weight excluding hydrogens is 264 g/mol. The van der Waals surface area contributed by atoms with Gasteiger partial charge in [0.1, 0.15) is 6.61 Å². The molecule has 0 bridgehead atoms. The summed E-state index contributed by atoms with van der Waals surface area (Å²) in [7, 11) is 0. The van der Waals surface area contributed by atoms with Crippen LogP contribution >= 0.6 is 0 Å². The van der Waals surface area contributed by atoms with Gasteiger partial charge in [-0.15, -0.1) is 0 Å². The van der Waals surface area contributed by atoms with Gasteiger partial charge in [-0.2, -0.15) is 0 Å². The lowest BCUT2D eigenvalue weighted by atomic mass is 10.1. The fourth-order valence-corrected chi connectivity index (χ4v) is 2.55. The Morgan fingerprint density at radius 3 is 2.52 bits per heavy atom. The van der Waals surface area contributed by atoms with Crippen molar-refractivity contribution in [2.24, 2.45) is 0 Å². The van der Waals surface area contributed by atoms with Gasteiger partial charge in [0.15, 0.2) is 16.8 Å². The monoisotopic (exact) mass is 281 g/mol. The molecule has 21 heavy (non-hydrogen) atoms. The normalized spacial score (nSPS) is 10.9. The van der Waals surface area contributed by atoms with Gasteiger partial charge in [0, 0.05) is 12.0 Å². The molecule has 106 valence electrons. The zero-order chi connectivity index (χ0) is 14.7. The van der Waals surface area contributed by atoms with Crippen LogP contribution in [-0.2, 0) is 13.2 Å². The lowest BCUT2D eigenvalue weighted by Gasteiger charge is -2.01. The van der Waals surface area contributed by atoms with E-state index < -0.39 is 0 Å². The summed E-state index contributed by atoms with van der Waals surface area (Å²) in [4.78, 5) is 15.4. The second kappa shape index (κ2) is 5.89. The number of fused-ring (bicyclic) bond motifs is 1. The Kier molecular flexibility index (Phi) is 3.79. The first-order valence-electron chi connectivity index (χ1n) is 6.98. The van der Waals surface area contributed by atoms with Crippen LogP contribution < -0.4 is 4.57 Å². The van der Waals surface area contributed by atoms with E-state index >= 15 is 0 Å². The average molecular weight is 281 g/mol. The maximum atomic E-state index is 12.2. The lowest BCUT2D eigenvalue weighted by Crippen LogP contribution is -2.38. The number of aliphatic hydroxyl groups is 1. The van der Waals surface area contributed by atoms with Gasteiger partial charge in [-0.25, -0.2) is 9.55 Å². The van der Waals surface area contributed by atoms with Crippen molar-refractivity contribution in [2.75, 3.05) is 0 Å². The number of aromatic nitrogens is 2. The number of ketones is 1. The molecule has 0 spiro atoms. The highest BCUT2D eigenvalue weighted by Gasteiger charge is 2.18. The molecule has 0 atom stereocenters. The van der Waals surface area contributed by atoms with E-state index in [1.807, 2.05) is 59.2 Å². The van der Waals surface area contributed by atoms with Crippen LogP contribution in [0.5, 0.6) is 0 Å². The molecule has 0 radical (unpaired) electrons. The molecule has 0 aliphatic rings. The van der Waals surface area contributed by atoms with Crippen LogP contribution in [-0.4, -0.2) is 15.9 Å². The third-order valence-electron chi connectivity index (χ3n) is 3.61. The maximum absolute atomic E-state index is 12.2. The second-order valence-corrected chi connectivity index (χ2v) is 4.94. The molecule has 0 unspecified atom stereocenters. The van der Waals surface area contributed by atoms with E-state index in [-0.39, 0.29) is 12.4 Å². The number of nitrogens with one attached hydrogen (secondary N) is 1. The van der Waals surface area contributed by atoms with E-state index in [0.717, 1.165) is 22.4 Å². The van der Waals surface area contributed by atoms with Crippen molar-refractivity contribution in [3.05, 3.63) is 66.0 Å². The number of hydrogen-bond donors (Lipinski definition) is 2. The summed E-state index contributed by atoms with van der Waals surface area (Å²) in [5.41, 5.74) is 2.69. The Labute approximate surface area is 122 Å². The molecule has 0 saturated heterocycles. The summed E-state index contributed by atoms with van der Waals surface area (Å²) in [6.45, 7) is 0.474. The van der Waals surface area contributed by atoms with Crippen LogP contribution in [0.1, 0.15) is 22.6 Å². The highest BCUT2D eigenvalue weighted by atomic mass is 16.3. The number of hydrogen-bond acceptors (Lipinski definition) is 2. The number of para-hydroxylation sites is 2. The van der Waals surface area contributed by atoms with E-state index in [4.69, 9.17) is 0 Å². The lowest BCUT2D eigenvalue weighted by molar-refractivity contribution is -0.679. The molecule has 2 aromatic carbocycles. The zero-order valence-corrected chi connectivity index (χ0v) is 11.6. The summed E-state index contributed by atoms with van der Waals surface area (Å²) in [6.07, 6.45) is 0.406. The Morgan fingerprint density at radius 1 is 1.05 bits per heavy atom. The smallest absolute Gasteiger partial charge is 0.281 e. The third-order valence-corrected chi connectivity index (χ3v) is 3.61. The fourth-order valence-electron chi connectivity index (χ4n) is 2.55.